The number of hydrogen-bond acceptors (Lipinski definition) is 4. The minimum absolute atomic E-state index is 0.186. The second-order valence-electron chi connectivity index (χ2n) is 5.49. The summed E-state index contributed by atoms with van der Waals surface area (Å²) < 4.78 is 4.98. The van der Waals surface area contributed by atoms with Gasteiger partial charge >= 0.3 is 0 Å². The number of amides is 1. The van der Waals surface area contributed by atoms with Crippen LogP contribution in [0.25, 0.3) is 0 Å². The van der Waals surface area contributed by atoms with Gasteiger partial charge in [-0.25, -0.2) is 0 Å². The van der Waals surface area contributed by atoms with E-state index < -0.39 is 5.41 Å². The highest BCUT2D eigenvalue weighted by molar-refractivity contribution is 5.86. The maximum absolute atomic E-state index is 12.0. The molecule has 1 N–H and O–H groups in total. The summed E-state index contributed by atoms with van der Waals surface area (Å²) in [5, 5.41) is 11.9. The first-order chi connectivity index (χ1) is 9.00. The molecular formula is C14H17N3O2. The highest BCUT2D eigenvalue weighted by Gasteiger charge is 2.46. The third-order valence-corrected chi connectivity index (χ3v) is 3.50. The van der Waals surface area contributed by atoms with E-state index in [2.05, 4.69) is 10.3 Å². The van der Waals surface area contributed by atoms with E-state index in [0.717, 1.165) is 5.56 Å². The van der Waals surface area contributed by atoms with Crippen LogP contribution in [-0.4, -0.2) is 30.6 Å². The lowest BCUT2D eigenvalue weighted by atomic mass is 9.83. The SMILES string of the molecule is CC(C)(CNC(=O)C1(C#N)COC1)c1ccncc1. The van der Waals surface area contributed by atoms with Gasteiger partial charge in [-0.15, -0.1) is 0 Å². The Morgan fingerprint density at radius 2 is 2.16 bits per heavy atom. The molecule has 1 saturated heterocycles. The third kappa shape index (κ3) is 2.59. The Morgan fingerprint density at radius 3 is 2.63 bits per heavy atom. The normalized spacial score (nSPS) is 17.1. The standard InChI is InChI=1S/C14H17N3O2/c1-13(2,11-3-5-16-6-4-11)8-17-12(18)14(7-15)9-19-10-14/h3-6H,8-10H2,1-2H3,(H,17,18). The average molecular weight is 259 g/mol. The number of nitriles is 1. The lowest BCUT2D eigenvalue weighted by Gasteiger charge is -2.35. The van der Waals surface area contributed by atoms with Gasteiger partial charge in [-0.3, -0.25) is 9.78 Å². The van der Waals surface area contributed by atoms with Gasteiger partial charge < -0.3 is 10.1 Å². The number of nitrogens with one attached hydrogen (secondary N) is 1. The van der Waals surface area contributed by atoms with Gasteiger partial charge in [-0.2, -0.15) is 5.26 Å². The molecule has 1 amide bonds. The van der Waals surface area contributed by atoms with Gasteiger partial charge in [0.1, 0.15) is 0 Å². The van der Waals surface area contributed by atoms with Gasteiger partial charge in [0.05, 0.1) is 19.3 Å². The van der Waals surface area contributed by atoms with Crippen LogP contribution in [0, 0.1) is 16.7 Å². The van der Waals surface area contributed by atoms with Crippen LogP contribution in [0.3, 0.4) is 0 Å². The molecule has 0 bridgehead atoms. The first-order valence-corrected chi connectivity index (χ1v) is 6.18. The van der Waals surface area contributed by atoms with Crippen LogP contribution in [0.15, 0.2) is 24.5 Å². The number of rotatable bonds is 4. The number of nitrogens with zero attached hydrogens (tertiary/aromatic N) is 2. The molecule has 0 aliphatic carbocycles. The van der Waals surface area contributed by atoms with Gasteiger partial charge in [0, 0.05) is 24.4 Å². The van der Waals surface area contributed by atoms with Crippen molar-refractivity contribution in [3.8, 4) is 6.07 Å². The fourth-order valence-corrected chi connectivity index (χ4v) is 1.93. The summed E-state index contributed by atoms with van der Waals surface area (Å²) >= 11 is 0. The molecule has 5 heteroatoms. The molecule has 0 aromatic carbocycles. The van der Waals surface area contributed by atoms with E-state index in [1.807, 2.05) is 32.0 Å². The first kappa shape index (κ1) is 13.5. The predicted octanol–water partition coefficient (Wildman–Crippen LogP) is 1.02. The molecule has 2 rings (SSSR count). The molecule has 0 saturated carbocycles. The summed E-state index contributed by atoms with van der Waals surface area (Å²) in [6.07, 6.45) is 3.46. The molecule has 0 spiro atoms. The highest BCUT2D eigenvalue weighted by atomic mass is 16.5. The minimum Gasteiger partial charge on any atom is -0.377 e. The largest absolute Gasteiger partial charge is 0.377 e. The molecule has 2 heterocycles. The number of pyridine rings is 1. The fraction of sp³-hybridized carbons (Fsp3) is 0.500. The van der Waals surface area contributed by atoms with Crippen LogP contribution < -0.4 is 5.32 Å². The fourth-order valence-electron chi connectivity index (χ4n) is 1.93. The number of hydrogen-bond donors (Lipinski definition) is 1. The van der Waals surface area contributed by atoms with E-state index in [-0.39, 0.29) is 24.5 Å². The molecule has 1 aromatic rings. The second kappa shape index (κ2) is 4.98. The molecular weight excluding hydrogens is 242 g/mol. The molecule has 5 nitrogen and oxygen atoms in total. The van der Waals surface area contributed by atoms with Crippen molar-refractivity contribution in [3.05, 3.63) is 30.1 Å². The lowest BCUT2D eigenvalue weighted by Crippen LogP contribution is -2.54. The zero-order valence-corrected chi connectivity index (χ0v) is 11.1. The highest BCUT2D eigenvalue weighted by Crippen LogP contribution is 2.27. The molecule has 0 radical (unpaired) electrons. The van der Waals surface area contributed by atoms with E-state index in [9.17, 15) is 4.79 Å². The minimum atomic E-state index is -0.992. The van der Waals surface area contributed by atoms with Crippen molar-refractivity contribution in [2.45, 2.75) is 19.3 Å². The Kier molecular flexibility index (Phi) is 3.54. The maximum Gasteiger partial charge on any atom is 0.245 e. The van der Waals surface area contributed by atoms with Gasteiger partial charge in [0.25, 0.3) is 0 Å². The number of carbonyl (C=O) groups is 1. The number of carbonyl (C=O) groups excluding carboxylic acids is 1. The van der Waals surface area contributed by atoms with Gasteiger partial charge in [0.2, 0.25) is 5.91 Å². The number of ether oxygens (including phenoxy) is 1. The molecule has 1 aromatic heterocycles. The molecule has 100 valence electrons. The van der Waals surface area contributed by atoms with Crippen molar-refractivity contribution in [1.82, 2.24) is 10.3 Å². The van der Waals surface area contributed by atoms with Crippen molar-refractivity contribution >= 4 is 5.91 Å². The summed E-state index contributed by atoms with van der Waals surface area (Å²) in [7, 11) is 0. The molecule has 19 heavy (non-hydrogen) atoms. The molecule has 1 fully saturated rings. The zero-order valence-electron chi connectivity index (χ0n) is 11.1. The average Bonchev–Trinajstić information content (AvgIpc) is 2.37. The van der Waals surface area contributed by atoms with Crippen LogP contribution in [0.4, 0.5) is 0 Å². The van der Waals surface area contributed by atoms with Gasteiger partial charge in [-0.1, -0.05) is 13.8 Å². The van der Waals surface area contributed by atoms with E-state index in [4.69, 9.17) is 10.00 Å². The van der Waals surface area contributed by atoms with Crippen molar-refractivity contribution in [1.29, 1.82) is 5.26 Å². The smallest absolute Gasteiger partial charge is 0.245 e. The van der Waals surface area contributed by atoms with Gasteiger partial charge in [0.15, 0.2) is 5.41 Å². The van der Waals surface area contributed by atoms with Crippen molar-refractivity contribution in [2.75, 3.05) is 19.8 Å². The van der Waals surface area contributed by atoms with E-state index in [1.165, 1.54) is 0 Å². The van der Waals surface area contributed by atoms with Crippen LogP contribution >= 0.6 is 0 Å². The third-order valence-electron chi connectivity index (χ3n) is 3.50. The Bertz CT molecular complexity index is 501. The molecule has 1 aliphatic heterocycles. The monoisotopic (exact) mass is 259 g/mol. The van der Waals surface area contributed by atoms with Crippen LogP contribution in [-0.2, 0) is 14.9 Å². The van der Waals surface area contributed by atoms with E-state index in [1.54, 1.807) is 12.4 Å². The Hall–Kier alpha value is -1.93. The van der Waals surface area contributed by atoms with Crippen LogP contribution in [0.2, 0.25) is 0 Å². The van der Waals surface area contributed by atoms with Crippen LogP contribution in [0.5, 0.6) is 0 Å². The Balaban J connectivity index is 1.99. The van der Waals surface area contributed by atoms with Crippen molar-refractivity contribution in [2.24, 2.45) is 5.41 Å². The molecule has 0 unspecified atom stereocenters. The summed E-state index contributed by atoms with van der Waals surface area (Å²) in [6.45, 7) is 4.92. The van der Waals surface area contributed by atoms with Gasteiger partial charge in [-0.05, 0) is 17.7 Å². The summed E-state index contributed by atoms with van der Waals surface area (Å²) in [5.74, 6) is -0.247. The van der Waals surface area contributed by atoms with Crippen molar-refractivity contribution < 1.29 is 9.53 Å². The predicted molar refractivity (Wildman–Crippen MR) is 69.1 cm³/mol. The molecule has 1 aliphatic rings. The molecule has 0 atom stereocenters. The summed E-state index contributed by atoms with van der Waals surface area (Å²) in [5.41, 5.74) is -0.104. The first-order valence-electron chi connectivity index (χ1n) is 6.18. The lowest BCUT2D eigenvalue weighted by molar-refractivity contribution is -0.150. The van der Waals surface area contributed by atoms with E-state index >= 15 is 0 Å². The van der Waals surface area contributed by atoms with Crippen molar-refractivity contribution in [3.63, 3.8) is 0 Å². The van der Waals surface area contributed by atoms with Crippen LogP contribution in [0.1, 0.15) is 19.4 Å². The Morgan fingerprint density at radius 1 is 1.53 bits per heavy atom. The second-order valence-corrected chi connectivity index (χ2v) is 5.49. The maximum atomic E-state index is 12.0. The summed E-state index contributed by atoms with van der Waals surface area (Å²) in [6, 6.07) is 5.90. The summed E-state index contributed by atoms with van der Waals surface area (Å²) in [4.78, 5) is 16.0. The quantitative estimate of drug-likeness (QED) is 0.875. The number of aromatic nitrogens is 1. The zero-order chi connectivity index (χ0) is 13.9. The Labute approximate surface area is 112 Å². The topological polar surface area (TPSA) is 75.0 Å². The van der Waals surface area contributed by atoms with E-state index in [0.29, 0.717) is 6.54 Å².